The highest BCUT2D eigenvalue weighted by atomic mass is 32.2. The summed E-state index contributed by atoms with van der Waals surface area (Å²) in [5.74, 6) is 0.305. The summed E-state index contributed by atoms with van der Waals surface area (Å²) in [5.41, 5.74) is 2.45. The Bertz CT molecular complexity index is 1050. The number of aryl methyl sites for hydroxylation is 1. The number of nitrogens with zero attached hydrogens (tertiary/aromatic N) is 1. The van der Waals surface area contributed by atoms with Crippen LogP contribution >= 0.6 is 11.8 Å². The standard InChI is InChI=1S/C24H26N2O5S/c1-4-11-26-23(28)21(32-24(26)29)14-17-9-10-19(20(13-17)30-5-2)31-15-22(27)25-18-8-6-7-16(3)12-18/h6-10,12-14H,4-5,11,15H2,1-3H3,(H,25,27)/b21-14+. The van der Waals surface area contributed by atoms with Gasteiger partial charge in [0, 0.05) is 12.2 Å². The number of hydrogen-bond donors (Lipinski definition) is 1. The maximum absolute atomic E-state index is 12.5. The van der Waals surface area contributed by atoms with Crippen molar-refractivity contribution in [1.29, 1.82) is 0 Å². The van der Waals surface area contributed by atoms with E-state index in [0.717, 1.165) is 17.3 Å². The Kier molecular flexibility index (Phi) is 7.94. The molecule has 0 bridgehead atoms. The largest absolute Gasteiger partial charge is 0.490 e. The SMILES string of the molecule is CCCN1C(=O)S/C(=C/c2ccc(OCC(=O)Nc3cccc(C)c3)c(OCC)c2)C1=O. The van der Waals surface area contributed by atoms with Crippen LogP contribution in [0.25, 0.3) is 6.08 Å². The maximum atomic E-state index is 12.5. The van der Waals surface area contributed by atoms with Crippen molar-refractivity contribution in [3.05, 3.63) is 58.5 Å². The van der Waals surface area contributed by atoms with Crippen LogP contribution in [0.3, 0.4) is 0 Å². The van der Waals surface area contributed by atoms with E-state index in [2.05, 4.69) is 5.32 Å². The van der Waals surface area contributed by atoms with E-state index in [1.807, 2.05) is 45.0 Å². The van der Waals surface area contributed by atoms with Gasteiger partial charge in [-0.15, -0.1) is 0 Å². The van der Waals surface area contributed by atoms with Gasteiger partial charge in [0.25, 0.3) is 17.1 Å². The molecule has 1 aliphatic heterocycles. The molecule has 1 saturated heterocycles. The lowest BCUT2D eigenvalue weighted by Gasteiger charge is -2.13. The van der Waals surface area contributed by atoms with Crippen LogP contribution in [0, 0.1) is 6.92 Å². The summed E-state index contributed by atoms with van der Waals surface area (Å²) in [6.45, 7) is 6.35. The zero-order valence-corrected chi connectivity index (χ0v) is 19.2. The molecule has 168 valence electrons. The van der Waals surface area contributed by atoms with E-state index in [1.165, 1.54) is 4.90 Å². The van der Waals surface area contributed by atoms with Gasteiger partial charge < -0.3 is 14.8 Å². The molecular weight excluding hydrogens is 428 g/mol. The summed E-state index contributed by atoms with van der Waals surface area (Å²) in [5, 5.41) is 2.54. The molecule has 0 aliphatic carbocycles. The molecular formula is C24H26N2O5S. The highest BCUT2D eigenvalue weighted by Gasteiger charge is 2.34. The number of benzene rings is 2. The summed E-state index contributed by atoms with van der Waals surface area (Å²) in [7, 11) is 0. The Morgan fingerprint density at radius 1 is 1.09 bits per heavy atom. The average molecular weight is 455 g/mol. The summed E-state index contributed by atoms with van der Waals surface area (Å²) in [6.07, 6.45) is 2.38. The second-order valence-corrected chi connectivity index (χ2v) is 8.17. The molecule has 0 saturated carbocycles. The van der Waals surface area contributed by atoms with Crippen LogP contribution in [0.5, 0.6) is 11.5 Å². The average Bonchev–Trinajstić information content (AvgIpc) is 3.01. The Hall–Kier alpha value is -3.26. The van der Waals surface area contributed by atoms with Crippen molar-refractivity contribution in [1.82, 2.24) is 4.90 Å². The van der Waals surface area contributed by atoms with E-state index < -0.39 is 0 Å². The molecule has 1 N–H and O–H groups in total. The summed E-state index contributed by atoms with van der Waals surface area (Å²) in [4.78, 5) is 38.4. The number of anilines is 1. The number of carbonyl (C=O) groups is 3. The monoisotopic (exact) mass is 454 g/mol. The molecule has 2 aromatic carbocycles. The van der Waals surface area contributed by atoms with Crippen LogP contribution in [0.1, 0.15) is 31.4 Å². The topological polar surface area (TPSA) is 84.9 Å². The fourth-order valence-corrected chi connectivity index (χ4v) is 4.00. The summed E-state index contributed by atoms with van der Waals surface area (Å²) < 4.78 is 11.3. The minimum absolute atomic E-state index is 0.177. The van der Waals surface area contributed by atoms with Crippen molar-refractivity contribution in [2.75, 3.05) is 25.1 Å². The first-order valence-electron chi connectivity index (χ1n) is 10.4. The fourth-order valence-electron chi connectivity index (χ4n) is 3.13. The number of carbonyl (C=O) groups excluding carboxylic acids is 3. The van der Waals surface area contributed by atoms with E-state index >= 15 is 0 Å². The molecule has 0 spiro atoms. The van der Waals surface area contributed by atoms with Crippen molar-refractivity contribution in [3.63, 3.8) is 0 Å². The van der Waals surface area contributed by atoms with Gasteiger partial charge in [-0.2, -0.15) is 0 Å². The first-order chi connectivity index (χ1) is 15.4. The molecule has 8 heteroatoms. The molecule has 3 amide bonds. The third kappa shape index (κ3) is 5.91. The molecule has 0 radical (unpaired) electrons. The van der Waals surface area contributed by atoms with Crippen LogP contribution in [-0.2, 0) is 9.59 Å². The smallest absolute Gasteiger partial charge is 0.293 e. The van der Waals surface area contributed by atoms with Crippen molar-refractivity contribution in [2.45, 2.75) is 27.2 Å². The quantitative estimate of drug-likeness (QED) is 0.545. The second-order valence-electron chi connectivity index (χ2n) is 7.18. The zero-order chi connectivity index (χ0) is 23.1. The molecule has 2 aromatic rings. The van der Waals surface area contributed by atoms with E-state index in [-0.39, 0.29) is 23.7 Å². The fraction of sp³-hybridized carbons (Fsp3) is 0.292. The van der Waals surface area contributed by atoms with Gasteiger partial charge in [-0.1, -0.05) is 25.1 Å². The van der Waals surface area contributed by atoms with Crippen molar-refractivity contribution < 1.29 is 23.9 Å². The lowest BCUT2D eigenvalue weighted by atomic mass is 10.2. The number of amides is 3. The maximum Gasteiger partial charge on any atom is 0.293 e. The number of hydrogen-bond acceptors (Lipinski definition) is 6. The van der Waals surface area contributed by atoms with Gasteiger partial charge in [-0.25, -0.2) is 0 Å². The van der Waals surface area contributed by atoms with Gasteiger partial charge >= 0.3 is 0 Å². The summed E-state index contributed by atoms with van der Waals surface area (Å²) in [6, 6.07) is 12.7. The van der Waals surface area contributed by atoms with Crippen LogP contribution in [0.2, 0.25) is 0 Å². The minimum atomic E-state index is -0.285. The lowest BCUT2D eigenvalue weighted by Crippen LogP contribution is -2.28. The van der Waals surface area contributed by atoms with Gasteiger partial charge in [0.2, 0.25) is 0 Å². The molecule has 1 heterocycles. The Morgan fingerprint density at radius 3 is 2.62 bits per heavy atom. The number of rotatable bonds is 9. The molecule has 0 aromatic heterocycles. The molecule has 1 aliphatic rings. The number of thioether (sulfide) groups is 1. The Labute approximate surface area is 191 Å². The first-order valence-corrected chi connectivity index (χ1v) is 11.2. The van der Waals surface area contributed by atoms with Crippen molar-refractivity contribution in [3.8, 4) is 11.5 Å². The molecule has 1 fully saturated rings. The summed E-state index contributed by atoms with van der Waals surface area (Å²) >= 11 is 0.930. The van der Waals surface area contributed by atoms with E-state index in [0.29, 0.717) is 47.2 Å². The molecule has 0 unspecified atom stereocenters. The first kappa shape index (κ1) is 23.4. The molecule has 7 nitrogen and oxygen atoms in total. The minimum Gasteiger partial charge on any atom is -0.490 e. The van der Waals surface area contributed by atoms with Crippen molar-refractivity contribution in [2.24, 2.45) is 0 Å². The Morgan fingerprint density at radius 2 is 1.91 bits per heavy atom. The van der Waals surface area contributed by atoms with Gasteiger partial charge in [0.1, 0.15) is 0 Å². The van der Waals surface area contributed by atoms with Gasteiger partial charge in [-0.3, -0.25) is 19.3 Å². The molecule has 0 atom stereocenters. The highest BCUT2D eigenvalue weighted by Crippen LogP contribution is 2.34. The van der Waals surface area contributed by atoms with Crippen LogP contribution < -0.4 is 14.8 Å². The number of nitrogens with one attached hydrogen (secondary N) is 1. The van der Waals surface area contributed by atoms with E-state index in [1.54, 1.807) is 24.3 Å². The highest BCUT2D eigenvalue weighted by molar-refractivity contribution is 8.18. The zero-order valence-electron chi connectivity index (χ0n) is 18.3. The molecule has 3 rings (SSSR count). The third-order valence-electron chi connectivity index (χ3n) is 4.55. The predicted octanol–water partition coefficient (Wildman–Crippen LogP) is 4.86. The lowest BCUT2D eigenvalue weighted by molar-refractivity contribution is -0.122. The van der Waals surface area contributed by atoms with Crippen LogP contribution in [0.4, 0.5) is 10.5 Å². The Balaban J connectivity index is 1.70. The van der Waals surface area contributed by atoms with Gasteiger partial charge in [-0.05, 0) is 73.5 Å². The van der Waals surface area contributed by atoms with Crippen molar-refractivity contribution >= 4 is 40.6 Å². The van der Waals surface area contributed by atoms with E-state index in [4.69, 9.17) is 9.47 Å². The van der Waals surface area contributed by atoms with E-state index in [9.17, 15) is 14.4 Å². The number of imide groups is 1. The van der Waals surface area contributed by atoms with Gasteiger partial charge in [0.05, 0.1) is 11.5 Å². The van der Waals surface area contributed by atoms with Crippen LogP contribution in [0.15, 0.2) is 47.4 Å². The molecule has 32 heavy (non-hydrogen) atoms. The number of ether oxygens (including phenoxy) is 2. The van der Waals surface area contributed by atoms with Crippen LogP contribution in [-0.4, -0.2) is 41.7 Å². The second kappa shape index (κ2) is 10.9. The van der Waals surface area contributed by atoms with Gasteiger partial charge in [0.15, 0.2) is 18.1 Å². The predicted molar refractivity (Wildman–Crippen MR) is 126 cm³/mol. The third-order valence-corrected chi connectivity index (χ3v) is 5.45. The normalized spacial score (nSPS) is 14.7.